The predicted octanol–water partition coefficient (Wildman–Crippen LogP) is 4.93. The maximum atomic E-state index is 10.5. The summed E-state index contributed by atoms with van der Waals surface area (Å²) < 4.78 is 5.19. The van der Waals surface area contributed by atoms with E-state index in [1.54, 1.807) is 7.11 Å². The van der Waals surface area contributed by atoms with Crippen LogP contribution in [0.25, 0.3) is 16.8 Å². The maximum absolute atomic E-state index is 10.5. The molecule has 0 saturated heterocycles. The monoisotopic (exact) mass is 405 g/mol. The van der Waals surface area contributed by atoms with Gasteiger partial charge < -0.3 is 14.7 Å². The van der Waals surface area contributed by atoms with E-state index < -0.39 is 0 Å². The molecule has 5 nitrogen and oxygen atoms in total. The number of aliphatic hydroxyl groups excluding tert-OH is 1. The van der Waals surface area contributed by atoms with E-state index >= 15 is 0 Å². The number of methoxy groups -OCH3 is 1. The second kappa shape index (κ2) is 8.09. The average Bonchev–Trinajstić information content (AvgIpc) is 3.31. The van der Waals surface area contributed by atoms with E-state index in [-0.39, 0.29) is 5.76 Å². The Morgan fingerprint density at radius 2 is 1.86 bits per heavy atom. The zero-order valence-corrected chi connectivity index (χ0v) is 17.3. The van der Waals surface area contributed by atoms with E-state index in [4.69, 9.17) is 10.1 Å². The first kappa shape index (κ1) is 19.2. The molecule has 3 aromatic rings. The lowest BCUT2D eigenvalue weighted by atomic mass is 10.1. The molecule has 148 valence electrons. The van der Waals surface area contributed by atoms with Gasteiger partial charge in [0.15, 0.2) is 0 Å². The van der Waals surface area contributed by atoms with E-state index in [0.717, 1.165) is 23.4 Å². The zero-order chi connectivity index (χ0) is 20.4. The molecule has 0 unspecified atom stereocenters. The third-order valence-corrected chi connectivity index (χ3v) is 5.94. The SMILES string of the molecule is COc1ccc(CCN2CC(O)=C(c3nc(-c4ccc(C)cc4)cs3)C2=N)cc1. The van der Waals surface area contributed by atoms with Crippen LogP contribution in [0.2, 0.25) is 0 Å². The molecule has 2 N–H and O–H groups in total. The van der Waals surface area contributed by atoms with Crippen molar-refractivity contribution in [1.82, 2.24) is 9.88 Å². The molecule has 0 saturated carbocycles. The quantitative estimate of drug-likeness (QED) is 0.610. The van der Waals surface area contributed by atoms with Crippen LogP contribution in [0.15, 0.2) is 59.7 Å². The number of hydrogen-bond acceptors (Lipinski definition) is 5. The van der Waals surface area contributed by atoms with Crippen molar-refractivity contribution in [3.8, 4) is 17.0 Å². The summed E-state index contributed by atoms with van der Waals surface area (Å²) in [7, 11) is 1.65. The molecule has 2 aromatic carbocycles. The van der Waals surface area contributed by atoms with E-state index in [2.05, 4.69) is 24.0 Å². The van der Waals surface area contributed by atoms with Gasteiger partial charge in [-0.25, -0.2) is 4.98 Å². The van der Waals surface area contributed by atoms with Gasteiger partial charge in [0.25, 0.3) is 0 Å². The van der Waals surface area contributed by atoms with Crippen LogP contribution in [-0.4, -0.2) is 41.0 Å². The molecule has 1 aliphatic heterocycles. The van der Waals surface area contributed by atoms with Crippen LogP contribution in [0.3, 0.4) is 0 Å². The van der Waals surface area contributed by atoms with Gasteiger partial charge >= 0.3 is 0 Å². The summed E-state index contributed by atoms with van der Waals surface area (Å²) in [6.45, 7) is 3.07. The highest BCUT2D eigenvalue weighted by molar-refractivity contribution is 7.11. The first-order valence-corrected chi connectivity index (χ1v) is 10.3. The Morgan fingerprint density at radius 3 is 2.55 bits per heavy atom. The van der Waals surface area contributed by atoms with Crippen LogP contribution >= 0.6 is 11.3 Å². The van der Waals surface area contributed by atoms with Crippen molar-refractivity contribution >= 4 is 22.7 Å². The first-order chi connectivity index (χ1) is 14.0. The molecule has 29 heavy (non-hydrogen) atoms. The Kier molecular flexibility index (Phi) is 5.36. The third-order valence-electron chi connectivity index (χ3n) is 5.08. The minimum absolute atomic E-state index is 0.217. The number of benzene rings is 2. The van der Waals surface area contributed by atoms with Crippen LogP contribution in [0.5, 0.6) is 5.75 Å². The Bertz CT molecular complexity index is 1050. The molecule has 1 aliphatic rings. The van der Waals surface area contributed by atoms with Crippen LogP contribution in [0.4, 0.5) is 0 Å². The van der Waals surface area contributed by atoms with Crippen LogP contribution < -0.4 is 4.74 Å². The van der Waals surface area contributed by atoms with Gasteiger partial charge in [-0.05, 0) is 31.0 Å². The van der Waals surface area contributed by atoms with Gasteiger partial charge in [-0.3, -0.25) is 5.41 Å². The van der Waals surface area contributed by atoms with Crippen molar-refractivity contribution < 1.29 is 9.84 Å². The van der Waals surface area contributed by atoms with Crippen molar-refractivity contribution in [3.63, 3.8) is 0 Å². The van der Waals surface area contributed by atoms with Crippen molar-refractivity contribution in [1.29, 1.82) is 5.41 Å². The summed E-state index contributed by atoms with van der Waals surface area (Å²) >= 11 is 1.46. The lowest BCUT2D eigenvalue weighted by molar-refractivity contribution is 0.351. The fraction of sp³-hybridized carbons (Fsp3) is 0.217. The summed E-state index contributed by atoms with van der Waals surface area (Å²) in [6.07, 6.45) is 0.791. The molecule has 1 aromatic heterocycles. The van der Waals surface area contributed by atoms with E-state index in [0.29, 0.717) is 29.5 Å². The highest BCUT2D eigenvalue weighted by Gasteiger charge is 2.30. The second-order valence-corrected chi connectivity index (χ2v) is 7.95. The molecule has 0 bridgehead atoms. The van der Waals surface area contributed by atoms with Crippen molar-refractivity contribution in [3.05, 3.63) is 75.8 Å². The summed E-state index contributed by atoms with van der Waals surface area (Å²) in [5.41, 5.74) is 4.83. The van der Waals surface area contributed by atoms with Crippen LogP contribution in [0, 0.1) is 12.3 Å². The van der Waals surface area contributed by atoms with Gasteiger partial charge in [0, 0.05) is 17.5 Å². The van der Waals surface area contributed by atoms with Crippen molar-refractivity contribution in [2.45, 2.75) is 13.3 Å². The average molecular weight is 406 g/mol. The first-order valence-electron chi connectivity index (χ1n) is 9.47. The number of aryl methyl sites for hydroxylation is 1. The highest BCUT2D eigenvalue weighted by Crippen LogP contribution is 2.32. The Balaban J connectivity index is 1.45. The molecule has 0 atom stereocenters. The molecule has 0 amide bonds. The predicted molar refractivity (Wildman–Crippen MR) is 118 cm³/mol. The molecule has 4 rings (SSSR count). The van der Waals surface area contributed by atoms with E-state index in [1.807, 2.05) is 46.7 Å². The molecule has 0 aliphatic carbocycles. The fourth-order valence-corrected chi connectivity index (χ4v) is 4.25. The largest absolute Gasteiger partial charge is 0.510 e. The van der Waals surface area contributed by atoms with Gasteiger partial charge in [-0.1, -0.05) is 42.0 Å². The molecule has 0 spiro atoms. The van der Waals surface area contributed by atoms with Crippen molar-refractivity contribution in [2.24, 2.45) is 0 Å². The third kappa shape index (κ3) is 4.03. The van der Waals surface area contributed by atoms with Gasteiger partial charge in [0.05, 0.1) is 24.9 Å². The number of ether oxygens (including phenoxy) is 1. The summed E-state index contributed by atoms with van der Waals surface area (Å²) in [5.74, 6) is 1.38. The minimum atomic E-state index is 0.217. The standard InChI is InChI=1S/C23H23N3O2S/c1-15-3-7-17(8-4-15)19-14-29-23(25-19)21-20(27)13-26(22(21)24)12-11-16-5-9-18(28-2)10-6-16/h3-10,14,24,27H,11-13H2,1-2H3. The Morgan fingerprint density at radius 1 is 1.14 bits per heavy atom. The molecular weight excluding hydrogens is 382 g/mol. The number of rotatable bonds is 6. The number of aromatic nitrogens is 1. The van der Waals surface area contributed by atoms with E-state index in [9.17, 15) is 5.11 Å². The van der Waals surface area contributed by atoms with Gasteiger partial charge in [0.1, 0.15) is 22.4 Å². The number of nitrogens with one attached hydrogen (secondary N) is 1. The lowest BCUT2D eigenvalue weighted by Crippen LogP contribution is -2.28. The topological polar surface area (TPSA) is 69.4 Å². The lowest BCUT2D eigenvalue weighted by Gasteiger charge is -2.18. The fourth-order valence-electron chi connectivity index (χ4n) is 3.35. The summed E-state index contributed by atoms with van der Waals surface area (Å²) in [6, 6.07) is 16.1. The Labute approximate surface area is 174 Å². The normalized spacial score (nSPS) is 14.0. The summed E-state index contributed by atoms with van der Waals surface area (Å²) in [5, 5.41) is 21.7. The number of amidine groups is 1. The molecule has 2 heterocycles. The molecule has 0 radical (unpaired) electrons. The molecule has 0 fully saturated rings. The van der Waals surface area contributed by atoms with Crippen LogP contribution in [0.1, 0.15) is 16.1 Å². The number of aliphatic hydroxyl groups is 1. The smallest absolute Gasteiger partial charge is 0.135 e. The van der Waals surface area contributed by atoms with Crippen molar-refractivity contribution in [2.75, 3.05) is 20.2 Å². The Hall–Kier alpha value is -3.12. The maximum Gasteiger partial charge on any atom is 0.135 e. The minimum Gasteiger partial charge on any atom is -0.510 e. The number of hydrogen-bond donors (Lipinski definition) is 2. The van der Waals surface area contributed by atoms with E-state index in [1.165, 1.54) is 22.5 Å². The summed E-state index contributed by atoms with van der Waals surface area (Å²) in [4.78, 5) is 6.57. The number of nitrogens with zero attached hydrogens (tertiary/aromatic N) is 2. The molecular formula is C23H23N3O2S. The van der Waals surface area contributed by atoms with Gasteiger partial charge in [0.2, 0.25) is 0 Å². The molecule has 6 heteroatoms. The van der Waals surface area contributed by atoms with Crippen LogP contribution in [-0.2, 0) is 6.42 Å². The van der Waals surface area contributed by atoms with Gasteiger partial charge in [-0.15, -0.1) is 11.3 Å². The van der Waals surface area contributed by atoms with Gasteiger partial charge in [-0.2, -0.15) is 0 Å². The highest BCUT2D eigenvalue weighted by atomic mass is 32.1. The number of thiazole rings is 1. The zero-order valence-electron chi connectivity index (χ0n) is 16.5. The second-order valence-electron chi connectivity index (χ2n) is 7.09.